The second kappa shape index (κ2) is 9.34. The van der Waals surface area contributed by atoms with Crippen LogP contribution < -0.4 is 16.0 Å². The number of rotatable bonds is 6. The Labute approximate surface area is 125 Å². The van der Waals surface area contributed by atoms with Crippen LogP contribution in [0.1, 0.15) is 24.2 Å². The summed E-state index contributed by atoms with van der Waals surface area (Å²) in [7, 11) is 1.83. The molecule has 0 radical (unpaired) electrons. The van der Waals surface area contributed by atoms with Crippen LogP contribution in [0.15, 0.2) is 24.3 Å². The van der Waals surface area contributed by atoms with Crippen LogP contribution in [0.2, 0.25) is 0 Å². The Kier molecular flexibility index (Phi) is 8.59. The Morgan fingerprint density at radius 2 is 1.70 bits per heavy atom. The normalized spacial score (nSPS) is 9.80. The Hall–Kier alpha value is -1.59. The minimum atomic E-state index is -0.114. The van der Waals surface area contributed by atoms with Crippen LogP contribution in [0.3, 0.4) is 0 Å². The molecule has 0 aliphatic carbocycles. The summed E-state index contributed by atoms with van der Waals surface area (Å²) in [5, 5.41) is 8.52. The molecule has 5 nitrogen and oxygen atoms in total. The van der Waals surface area contributed by atoms with Gasteiger partial charge in [0, 0.05) is 30.3 Å². The fraction of sp³-hybridized carbons (Fsp3) is 0.429. The Balaban J connectivity index is 0.00000361. The zero-order valence-corrected chi connectivity index (χ0v) is 12.8. The molecule has 2 amide bonds. The molecule has 0 bridgehead atoms. The van der Waals surface area contributed by atoms with E-state index in [0.29, 0.717) is 17.8 Å². The summed E-state index contributed by atoms with van der Waals surface area (Å²) in [5.41, 5.74) is 1.28. The Morgan fingerprint density at radius 3 is 2.20 bits per heavy atom. The lowest BCUT2D eigenvalue weighted by atomic mass is 10.1. The Bertz CT molecular complexity index is 433. The van der Waals surface area contributed by atoms with E-state index in [1.807, 2.05) is 20.9 Å². The first-order valence-electron chi connectivity index (χ1n) is 6.38. The van der Waals surface area contributed by atoms with E-state index >= 15 is 0 Å². The quantitative estimate of drug-likeness (QED) is 0.700. The molecule has 6 heteroatoms. The van der Waals surface area contributed by atoms with Gasteiger partial charge in [0.15, 0.2) is 0 Å². The second-order valence-corrected chi connectivity index (χ2v) is 4.58. The lowest BCUT2D eigenvalue weighted by molar-refractivity contribution is -0.118. The predicted octanol–water partition coefficient (Wildman–Crippen LogP) is 1.65. The highest BCUT2D eigenvalue weighted by Gasteiger charge is 2.08. The summed E-state index contributed by atoms with van der Waals surface area (Å²) >= 11 is 0. The van der Waals surface area contributed by atoms with Crippen LogP contribution in [0.25, 0.3) is 0 Å². The number of carbonyl (C=O) groups excluding carboxylic acids is 2. The fourth-order valence-corrected chi connectivity index (χ4v) is 1.39. The average Bonchev–Trinajstić information content (AvgIpc) is 2.39. The number of likely N-dealkylation sites (N-methyl/N-ethyl adjacent to an activating group) is 1. The molecule has 0 aliphatic rings. The topological polar surface area (TPSA) is 70.2 Å². The second-order valence-electron chi connectivity index (χ2n) is 4.58. The molecule has 112 valence electrons. The summed E-state index contributed by atoms with van der Waals surface area (Å²) in [5.74, 6) is -0.215. The summed E-state index contributed by atoms with van der Waals surface area (Å²) in [6.07, 6.45) is 0. The van der Waals surface area contributed by atoms with Gasteiger partial charge in [0.2, 0.25) is 5.91 Å². The molecule has 3 N–H and O–H groups in total. The number of hydrogen-bond donors (Lipinski definition) is 3. The van der Waals surface area contributed by atoms with Crippen molar-refractivity contribution in [2.75, 3.05) is 25.5 Å². The summed E-state index contributed by atoms with van der Waals surface area (Å²) in [6.45, 7) is 4.98. The van der Waals surface area contributed by atoms with E-state index in [4.69, 9.17) is 0 Å². The van der Waals surface area contributed by atoms with Crippen LogP contribution in [-0.2, 0) is 4.79 Å². The van der Waals surface area contributed by atoms with Gasteiger partial charge in [0.25, 0.3) is 5.91 Å². The number of benzene rings is 1. The van der Waals surface area contributed by atoms with Crippen molar-refractivity contribution in [3.63, 3.8) is 0 Å². The van der Waals surface area contributed by atoms with E-state index in [0.717, 1.165) is 6.54 Å². The molecule has 1 aromatic rings. The van der Waals surface area contributed by atoms with Gasteiger partial charge in [-0.1, -0.05) is 13.8 Å². The van der Waals surface area contributed by atoms with Gasteiger partial charge in [0.05, 0.1) is 0 Å². The van der Waals surface area contributed by atoms with Gasteiger partial charge in [-0.05, 0) is 31.3 Å². The lowest BCUT2D eigenvalue weighted by Gasteiger charge is -2.09. The van der Waals surface area contributed by atoms with Crippen molar-refractivity contribution in [2.45, 2.75) is 13.8 Å². The van der Waals surface area contributed by atoms with Crippen molar-refractivity contribution in [3.05, 3.63) is 29.8 Å². The van der Waals surface area contributed by atoms with E-state index in [1.54, 1.807) is 24.3 Å². The van der Waals surface area contributed by atoms with Gasteiger partial charge in [-0.3, -0.25) is 9.59 Å². The first kappa shape index (κ1) is 18.4. The lowest BCUT2D eigenvalue weighted by Crippen LogP contribution is -2.30. The molecule has 0 atom stereocenters. The Morgan fingerprint density at radius 1 is 1.10 bits per heavy atom. The molecule has 0 aromatic heterocycles. The molecule has 0 spiro atoms. The van der Waals surface area contributed by atoms with E-state index in [9.17, 15) is 9.59 Å². The highest BCUT2D eigenvalue weighted by molar-refractivity contribution is 5.96. The third-order valence-corrected chi connectivity index (χ3v) is 2.60. The smallest absolute Gasteiger partial charge is 0.251 e. The zero-order valence-electron chi connectivity index (χ0n) is 12.0. The number of hydrogen-bond acceptors (Lipinski definition) is 3. The van der Waals surface area contributed by atoms with Gasteiger partial charge < -0.3 is 16.0 Å². The molecular weight excluding hydrogens is 278 g/mol. The maximum absolute atomic E-state index is 11.7. The van der Waals surface area contributed by atoms with Gasteiger partial charge in [-0.25, -0.2) is 0 Å². The minimum absolute atomic E-state index is 0. The molecule has 20 heavy (non-hydrogen) atoms. The molecule has 0 fully saturated rings. The maximum atomic E-state index is 11.7. The highest BCUT2D eigenvalue weighted by Crippen LogP contribution is 2.10. The molecular formula is C14H22ClN3O2. The van der Waals surface area contributed by atoms with E-state index in [1.165, 1.54) is 0 Å². The van der Waals surface area contributed by atoms with Gasteiger partial charge in [-0.15, -0.1) is 12.4 Å². The number of carbonyl (C=O) groups is 2. The molecule has 0 unspecified atom stereocenters. The SMILES string of the molecule is CNCCNC(=O)c1ccc(NC(=O)C(C)C)cc1.Cl. The summed E-state index contributed by atoms with van der Waals surface area (Å²) in [6, 6.07) is 6.86. The molecule has 0 saturated carbocycles. The molecule has 1 aromatic carbocycles. The van der Waals surface area contributed by atoms with Crippen LogP contribution in [0.4, 0.5) is 5.69 Å². The molecule has 1 rings (SSSR count). The third kappa shape index (κ3) is 6.04. The van der Waals surface area contributed by atoms with Crippen LogP contribution in [0.5, 0.6) is 0 Å². The van der Waals surface area contributed by atoms with Crippen molar-refractivity contribution in [2.24, 2.45) is 5.92 Å². The van der Waals surface area contributed by atoms with E-state index in [2.05, 4.69) is 16.0 Å². The maximum Gasteiger partial charge on any atom is 0.251 e. The molecule has 0 aliphatic heterocycles. The van der Waals surface area contributed by atoms with Crippen molar-refractivity contribution < 1.29 is 9.59 Å². The number of anilines is 1. The minimum Gasteiger partial charge on any atom is -0.351 e. The van der Waals surface area contributed by atoms with E-state index in [-0.39, 0.29) is 30.1 Å². The first-order valence-corrected chi connectivity index (χ1v) is 6.38. The predicted molar refractivity (Wildman–Crippen MR) is 83.4 cm³/mol. The monoisotopic (exact) mass is 299 g/mol. The van der Waals surface area contributed by atoms with Crippen molar-refractivity contribution in [3.8, 4) is 0 Å². The third-order valence-electron chi connectivity index (χ3n) is 2.60. The fourth-order valence-electron chi connectivity index (χ4n) is 1.39. The summed E-state index contributed by atoms with van der Waals surface area (Å²) in [4.78, 5) is 23.2. The molecule has 0 heterocycles. The van der Waals surface area contributed by atoms with Gasteiger partial charge in [-0.2, -0.15) is 0 Å². The molecule has 0 saturated heterocycles. The van der Waals surface area contributed by atoms with E-state index < -0.39 is 0 Å². The number of amides is 2. The van der Waals surface area contributed by atoms with Crippen molar-refractivity contribution in [1.82, 2.24) is 10.6 Å². The first-order chi connectivity index (χ1) is 9.04. The highest BCUT2D eigenvalue weighted by atomic mass is 35.5. The summed E-state index contributed by atoms with van der Waals surface area (Å²) < 4.78 is 0. The van der Waals surface area contributed by atoms with Crippen LogP contribution in [0, 0.1) is 5.92 Å². The van der Waals surface area contributed by atoms with Crippen LogP contribution >= 0.6 is 12.4 Å². The van der Waals surface area contributed by atoms with Crippen molar-refractivity contribution >= 4 is 29.9 Å². The average molecular weight is 300 g/mol. The van der Waals surface area contributed by atoms with Crippen LogP contribution in [-0.4, -0.2) is 32.0 Å². The largest absolute Gasteiger partial charge is 0.351 e. The standard InChI is InChI=1S/C14H21N3O2.ClH/c1-10(2)13(18)17-12-6-4-11(5-7-12)14(19)16-9-8-15-3;/h4-7,10,15H,8-9H2,1-3H3,(H,16,19)(H,17,18);1H. The number of halogens is 1. The number of nitrogens with one attached hydrogen (secondary N) is 3. The van der Waals surface area contributed by atoms with Gasteiger partial charge >= 0.3 is 0 Å². The van der Waals surface area contributed by atoms with Crippen molar-refractivity contribution in [1.29, 1.82) is 0 Å². The zero-order chi connectivity index (χ0) is 14.3. The van der Waals surface area contributed by atoms with Gasteiger partial charge in [0.1, 0.15) is 0 Å².